The smallest absolute Gasteiger partial charge is 0.366 e. The first kappa shape index (κ1) is 17.9. The number of hydrogen-bond donors (Lipinski definition) is 1. The molecular formula is C17H11BrF3N5S. The summed E-state index contributed by atoms with van der Waals surface area (Å²) < 4.78 is 40.3. The molecule has 0 aliphatic heterocycles. The van der Waals surface area contributed by atoms with Crippen molar-refractivity contribution in [1.29, 1.82) is 0 Å². The van der Waals surface area contributed by atoms with E-state index in [0.717, 1.165) is 21.1 Å². The molecule has 0 spiro atoms. The number of rotatable bonds is 4. The number of nitrogens with one attached hydrogen (secondary N) is 1. The average Bonchev–Trinajstić information content (AvgIpc) is 3.30. The fraction of sp³-hybridized carbons (Fsp3) is 0.118. The van der Waals surface area contributed by atoms with Crippen LogP contribution in [0.1, 0.15) is 11.3 Å². The van der Waals surface area contributed by atoms with E-state index in [2.05, 4.69) is 36.3 Å². The van der Waals surface area contributed by atoms with E-state index in [1.807, 2.05) is 23.6 Å². The molecule has 4 heterocycles. The molecule has 0 saturated carbocycles. The van der Waals surface area contributed by atoms with Gasteiger partial charge in [0.2, 0.25) is 0 Å². The maximum Gasteiger partial charge on any atom is 0.433 e. The Balaban J connectivity index is 1.63. The highest BCUT2D eigenvalue weighted by Crippen LogP contribution is 2.29. The lowest BCUT2D eigenvalue weighted by Crippen LogP contribution is -2.10. The molecule has 0 amide bonds. The van der Waals surface area contributed by atoms with E-state index < -0.39 is 11.9 Å². The first-order valence-corrected chi connectivity index (χ1v) is 9.43. The third-order valence-corrected chi connectivity index (χ3v) is 5.24. The van der Waals surface area contributed by atoms with Crippen LogP contribution in [-0.4, -0.2) is 19.6 Å². The Morgan fingerprint density at radius 1 is 1.19 bits per heavy atom. The Hall–Kier alpha value is -2.46. The number of thiophene rings is 1. The monoisotopic (exact) mass is 453 g/mol. The Morgan fingerprint density at radius 2 is 2.04 bits per heavy atom. The van der Waals surface area contributed by atoms with Gasteiger partial charge in [-0.25, -0.2) is 4.98 Å². The van der Waals surface area contributed by atoms with Crippen molar-refractivity contribution < 1.29 is 13.2 Å². The molecule has 4 aromatic heterocycles. The summed E-state index contributed by atoms with van der Waals surface area (Å²) in [4.78, 5) is 9.10. The number of nitrogens with zero attached hydrogens (tertiary/aromatic N) is 4. The summed E-state index contributed by atoms with van der Waals surface area (Å²) in [6, 6.07) is 8.15. The molecule has 0 aliphatic carbocycles. The molecule has 0 aliphatic rings. The topological polar surface area (TPSA) is 55.1 Å². The number of fused-ring (bicyclic) bond motifs is 1. The zero-order chi connectivity index (χ0) is 19.0. The minimum Gasteiger partial charge on any atom is -0.366 e. The molecule has 0 bridgehead atoms. The lowest BCUT2D eigenvalue weighted by atomic mass is 10.2. The van der Waals surface area contributed by atoms with E-state index in [9.17, 15) is 13.2 Å². The molecule has 0 fully saturated rings. The minimum absolute atomic E-state index is 0.297. The van der Waals surface area contributed by atoms with Gasteiger partial charge in [-0.2, -0.15) is 22.8 Å². The highest BCUT2D eigenvalue weighted by Gasteiger charge is 2.31. The maximum absolute atomic E-state index is 12.6. The number of halogens is 4. The van der Waals surface area contributed by atoms with E-state index in [4.69, 9.17) is 0 Å². The third kappa shape index (κ3) is 3.67. The summed E-state index contributed by atoms with van der Waals surface area (Å²) in [5, 5.41) is 9.45. The van der Waals surface area contributed by atoms with Crippen LogP contribution in [0.3, 0.4) is 0 Å². The molecular weight excluding hydrogens is 443 g/mol. The molecule has 5 nitrogen and oxygen atoms in total. The van der Waals surface area contributed by atoms with Gasteiger partial charge < -0.3 is 5.32 Å². The first-order valence-electron chi connectivity index (χ1n) is 7.76. The molecule has 1 N–H and O–H groups in total. The minimum atomic E-state index is -4.44. The molecule has 0 aromatic carbocycles. The van der Waals surface area contributed by atoms with Crippen molar-refractivity contribution in [2.24, 2.45) is 0 Å². The predicted molar refractivity (Wildman–Crippen MR) is 101 cm³/mol. The number of aromatic nitrogens is 4. The third-order valence-electron chi connectivity index (χ3n) is 3.79. The van der Waals surface area contributed by atoms with Crippen LogP contribution in [0.4, 0.5) is 19.0 Å². The number of anilines is 1. The number of pyridine rings is 1. The van der Waals surface area contributed by atoms with Crippen molar-refractivity contribution >= 4 is 38.7 Å². The van der Waals surface area contributed by atoms with Gasteiger partial charge in [-0.3, -0.25) is 4.98 Å². The normalized spacial score (nSPS) is 11.9. The SMILES string of the molecule is FC(F)(F)c1ccc(CNc2cc(-c3cccs3)nc3c(Br)cnn23)cn1. The molecule has 138 valence electrons. The predicted octanol–water partition coefficient (Wildman–Crippen LogP) is 5.25. The second-order valence-corrected chi connectivity index (χ2v) is 7.44. The van der Waals surface area contributed by atoms with Crippen molar-refractivity contribution in [1.82, 2.24) is 19.6 Å². The van der Waals surface area contributed by atoms with Crippen LogP contribution in [0, 0.1) is 0 Å². The highest BCUT2D eigenvalue weighted by molar-refractivity contribution is 9.10. The second kappa shape index (κ2) is 6.93. The summed E-state index contributed by atoms with van der Waals surface area (Å²) in [6.07, 6.45) is -1.58. The zero-order valence-electron chi connectivity index (χ0n) is 13.5. The number of alkyl halides is 3. The van der Waals surface area contributed by atoms with Crippen LogP contribution in [0.2, 0.25) is 0 Å². The molecule has 0 atom stereocenters. The van der Waals surface area contributed by atoms with E-state index >= 15 is 0 Å². The van der Waals surface area contributed by atoms with Crippen molar-refractivity contribution in [3.05, 3.63) is 63.8 Å². The van der Waals surface area contributed by atoms with Gasteiger partial charge in [-0.05, 0) is 39.0 Å². The molecule has 10 heteroatoms. The van der Waals surface area contributed by atoms with Crippen LogP contribution in [0.25, 0.3) is 16.2 Å². The van der Waals surface area contributed by atoms with Gasteiger partial charge in [0, 0.05) is 18.8 Å². The highest BCUT2D eigenvalue weighted by atomic mass is 79.9. The van der Waals surface area contributed by atoms with Crippen LogP contribution < -0.4 is 5.32 Å². The lowest BCUT2D eigenvalue weighted by Gasteiger charge is -2.11. The molecule has 0 radical (unpaired) electrons. The lowest BCUT2D eigenvalue weighted by molar-refractivity contribution is -0.141. The quantitative estimate of drug-likeness (QED) is 0.458. The fourth-order valence-corrected chi connectivity index (χ4v) is 3.54. The standard InChI is InChI=1S/C17H11BrF3N5S/c18-11-9-24-26-15(6-12(25-16(11)26)13-2-1-5-27-13)23-8-10-3-4-14(22-7-10)17(19,20)21/h1-7,9,23H,8H2. The summed E-state index contributed by atoms with van der Waals surface area (Å²) in [5.41, 5.74) is 1.14. The summed E-state index contributed by atoms with van der Waals surface area (Å²) in [6.45, 7) is 0.297. The van der Waals surface area contributed by atoms with Crippen LogP contribution in [0.5, 0.6) is 0 Å². The maximum atomic E-state index is 12.6. The number of hydrogen-bond acceptors (Lipinski definition) is 5. The van der Waals surface area contributed by atoms with Crippen molar-refractivity contribution in [3.8, 4) is 10.6 Å². The molecule has 4 aromatic rings. The van der Waals surface area contributed by atoms with Crippen molar-refractivity contribution in [2.45, 2.75) is 12.7 Å². The Morgan fingerprint density at radius 3 is 2.70 bits per heavy atom. The van der Waals surface area contributed by atoms with Gasteiger partial charge in [-0.15, -0.1) is 11.3 Å². The summed E-state index contributed by atoms with van der Waals surface area (Å²) in [5.74, 6) is 0.675. The van der Waals surface area contributed by atoms with E-state index in [0.29, 0.717) is 23.6 Å². The van der Waals surface area contributed by atoms with E-state index in [1.54, 1.807) is 22.0 Å². The Labute approximate surface area is 164 Å². The zero-order valence-corrected chi connectivity index (χ0v) is 15.9. The molecule has 0 saturated heterocycles. The fourth-order valence-electron chi connectivity index (χ4n) is 2.50. The average molecular weight is 454 g/mol. The van der Waals surface area contributed by atoms with Gasteiger partial charge in [0.25, 0.3) is 0 Å². The van der Waals surface area contributed by atoms with Gasteiger partial charge in [0.15, 0.2) is 5.65 Å². The van der Waals surface area contributed by atoms with Crippen LogP contribution in [0.15, 0.2) is 52.6 Å². The van der Waals surface area contributed by atoms with E-state index in [-0.39, 0.29) is 0 Å². The van der Waals surface area contributed by atoms with Crippen molar-refractivity contribution in [2.75, 3.05) is 5.32 Å². The van der Waals surface area contributed by atoms with Gasteiger partial charge in [-0.1, -0.05) is 12.1 Å². The van der Waals surface area contributed by atoms with Gasteiger partial charge >= 0.3 is 6.18 Å². The molecule has 4 rings (SSSR count). The van der Waals surface area contributed by atoms with Crippen LogP contribution >= 0.6 is 27.3 Å². The molecule has 27 heavy (non-hydrogen) atoms. The van der Waals surface area contributed by atoms with Crippen molar-refractivity contribution in [3.63, 3.8) is 0 Å². The van der Waals surface area contributed by atoms with Gasteiger partial charge in [0.1, 0.15) is 11.5 Å². The Bertz CT molecular complexity index is 1070. The molecule has 0 unspecified atom stereocenters. The summed E-state index contributed by atoms with van der Waals surface area (Å²) >= 11 is 5.00. The van der Waals surface area contributed by atoms with Gasteiger partial charge in [0.05, 0.1) is 21.2 Å². The van der Waals surface area contributed by atoms with Crippen LogP contribution in [-0.2, 0) is 12.7 Å². The second-order valence-electron chi connectivity index (χ2n) is 5.63. The Kier molecular flexibility index (Phi) is 4.60. The largest absolute Gasteiger partial charge is 0.433 e. The summed E-state index contributed by atoms with van der Waals surface area (Å²) in [7, 11) is 0. The first-order chi connectivity index (χ1) is 12.9. The van der Waals surface area contributed by atoms with E-state index in [1.165, 1.54) is 12.3 Å².